The predicted octanol–water partition coefficient (Wildman–Crippen LogP) is -0.0526. The lowest BCUT2D eigenvalue weighted by Gasteiger charge is -2.32. The molecule has 0 radical (unpaired) electrons. The number of nitro groups is 1. The molecule has 1 aliphatic rings. The van der Waals surface area contributed by atoms with Crippen LogP contribution in [-0.4, -0.2) is 58.0 Å². The summed E-state index contributed by atoms with van der Waals surface area (Å²) in [6.07, 6.45) is -2.49. The van der Waals surface area contributed by atoms with Crippen LogP contribution in [0.2, 0.25) is 0 Å². The minimum atomic E-state index is -5.80. The minimum Gasteiger partial charge on any atom is -0.390 e. The van der Waals surface area contributed by atoms with Gasteiger partial charge < -0.3 is 29.4 Å². The molecule has 2 aromatic rings. The number of aryl methyl sites for hydroxylation is 1. The van der Waals surface area contributed by atoms with Gasteiger partial charge in [-0.3, -0.25) is 29.0 Å². The summed E-state index contributed by atoms with van der Waals surface area (Å²) in [6, 6.07) is 4.58. The molecule has 3 rings (SSSR count). The van der Waals surface area contributed by atoms with Crippen molar-refractivity contribution in [1.29, 1.82) is 0 Å². The fourth-order valence-electron chi connectivity index (χ4n) is 3.57. The molecule has 1 aromatic heterocycles. The highest BCUT2D eigenvalue weighted by Gasteiger charge is 2.51. The standard InChI is InChI=1S/C16H20N3O16P3/c1-9-7-18(15(22)17-14(9)21)16(10-2-4-11(5-3-10)19(23)24)6-12(20)13(33-16)8-32-37(28,29)35-38(30,31)34-36(25,26)27/h2-5,7,12-13,20H,6,8H2,1H3,(H,28,29)(H,30,31)(H,17,21,22)(H2,25,26,27)/t12-,13+,16-/m0/s1. The van der Waals surface area contributed by atoms with Crippen LogP contribution >= 0.6 is 23.5 Å². The Morgan fingerprint density at radius 3 is 2.29 bits per heavy atom. The molecular weight excluding hydrogens is 583 g/mol. The smallest absolute Gasteiger partial charge is 0.390 e. The van der Waals surface area contributed by atoms with Crippen LogP contribution in [0.1, 0.15) is 17.5 Å². The van der Waals surface area contributed by atoms with E-state index in [1.54, 1.807) is 0 Å². The lowest BCUT2D eigenvalue weighted by Crippen LogP contribution is -2.45. The van der Waals surface area contributed by atoms with E-state index in [0.717, 1.165) is 22.9 Å². The number of aliphatic hydroxyl groups excluding tert-OH is 1. The van der Waals surface area contributed by atoms with Gasteiger partial charge in [0.1, 0.15) is 6.10 Å². The summed E-state index contributed by atoms with van der Waals surface area (Å²) in [4.78, 5) is 73.1. The van der Waals surface area contributed by atoms with Crippen LogP contribution < -0.4 is 11.2 Å². The highest BCUT2D eigenvalue weighted by molar-refractivity contribution is 7.66. The third kappa shape index (κ3) is 6.98. The van der Waals surface area contributed by atoms with Gasteiger partial charge in [-0.15, -0.1) is 0 Å². The van der Waals surface area contributed by atoms with Gasteiger partial charge in [-0.2, -0.15) is 8.62 Å². The molecule has 5 atom stereocenters. The second kappa shape index (κ2) is 10.7. The molecule has 1 aromatic carbocycles. The maximum Gasteiger partial charge on any atom is 0.490 e. The fourth-order valence-corrected chi connectivity index (χ4v) is 6.60. The third-order valence-corrected chi connectivity index (χ3v) is 8.92. The van der Waals surface area contributed by atoms with Gasteiger partial charge in [0.25, 0.3) is 11.2 Å². The summed E-state index contributed by atoms with van der Waals surface area (Å²) in [5, 5.41) is 21.7. The van der Waals surface area contributed by atoms with Crippen molar-refractivity contribution < 1.29 is 61.2 Å². The van der Waals surface area contributed by atoms with Crippen LogP contribution in [0.4, 0.5) is 5.69 Å². The van der Waals surface area contributed by atoms with Gasteiger partial charge in [0, 0.05) is 35.9 Å². The van der Waals surface area contributed by atoms with Crippen molar-refractivity contribution in [2.24, 2.45) is 0 Å². The van der Waals surface area contributed by atoms with Crippen LogP contribution in [0.3, 0.4) is 0 Å². The first-order valence-corrected chi connectivity index (χ1v) is 14.6. The third-order valence-electron chi connectivity index (χ3n) is 5.12. The number of nitro benzene ring substituents is 1. The van der Waals surface area contributed by atoms with Gasteiger partial charge >= 0.3 is 29.2 Å². The summed E-state index contributed by atoms with van der Waals surface area (Å²) in [6.45, 7) is 0.313. The second-order valence-electron chi connectivity index (χ2n) is 7.84. The number of non-ortho nitro benzene ring substituents is 1. The van der Waals surface area contributed by atoms with E-state index in [-0.39, 0.29) is 16.8 Å². The molecule has 0 aliphatic carbocycles. The Bertz CT molecular complexity index is 1480. The van der Waals surface area contributed by atoms with Crippen LogP contribution in [0.15, 0.2) is 40.1 Å². The number of H-pyrrole nitrogens is 1. The van der Waals surface area contributed by atoms with Crippen molar-refractivity contribution in [3.05, 3.63) is 72.5 Å². The Labute approximate surface area is 210 Å². The van der Waals surface area contributed by atoms with Crippen LogP contribution in [0, 0.1) is 17.0 Å². The van der Waals surface area contributed by atoms with Crippen molar-refractivity contribution in [3.63, 3.8) is 0 Å². The fraction of sp³-hybridized carbons (Fsp3) is 0.375. The van der Waals surface area contributed by atoms with Gasteiger partial charge in [0.2, 0.25) is 0 Å². The number of aromatic nitrogens is 2. The van der Waals surface area contributed by atoms with Crippen LogP contribution in [-0.2, 0) is 37.3 Å². The van der Waals surface area contributed by atoms with Gasteiger partial charge in [0.15, 0.2) is 5.72 Å². The van der Waals surface area contributed by atoms with E-state index in [2.05, 4.69) is 13.1 Å². The summed E-state index contributed by atoms with van der Waals surface area (Å²) < 4.78 is 52.8. The summed E-state index contributed by atoms with van der Waals surface area (Å²) in [5.74, 6) is 0. The van der Waals surface area contributed by atoms with Crippen molar-refractivity contribution in [2.45, 2.75) is 31.3 Å². The molecule has 0 amide bonds. The van der Waals surface area contributed by atoms with Crippen molar-refractivity contribution in [2.75, 3.05) is 6.61 Å². The molecule has 38 heavy (non-hydrogen) atoms. The maximum absolute atomic E-state index is 12.7. The molecular formula is C16H20N3O16P3. The number of nitrogens with one attached hydrogen (secondary N) is 1. The summed E-state index contributed by atoms with van der Waals surface area (Å²) in [5.41, 5.74) is -3.87. The largest absolute Gasteiger partial charge is 0.490 e. The monoisotopic (exact) mass is 603 g/mol. The highest BCUT2D eigenvalue weighted by Crippen LogP contribution is 2.66. The minimum absolute atomic E-state index is 0.0423. The molecule has 1 saturated heterocycles. The zero-order valence-electron chi connectivity index (χ0n) is 18.9. The molecule has 6 N–H and O–H groups in total. The average Bonchev–Trinajstić information content (AvgIpc) is 3.09. The number of hydrogen-bond acceptors (Lipinski definition) is 12. The van der Waals surface area contributed by atoms with E-state index in [0.29, 0.717) is 0 Å². The Morgan fingerprint density at radius 2 is 1.74 bits per heavy atom. The molecule has 2 unspecified atom stereocenters. The number of hydrogen-bond donors (Lipinski definition) is 6. The summed E-state index contributed by atoms with van der Waals surface area (Å²) in [7, 11) is -17.0. The molecule has 22 heteroatoms. The van der Waals surface area contributed by atoms with Gasteiger partial charge in [-0.05, 0) is 19.1 Å². The normalized spacial score (nSPS) is 25.0. The lowest BCUT2D eigenvalue weighted by atomic mass is 9.97. The molecule has 0 spiro atoms. The first-order valence-electron chi connectivity index (χ1n) is 10.1. The van der Waals surface area contributed by atoms with Crippen molar-refractivity contribution in [3.8, 4) is 0 Å². The highest BCUT2D eigenvalue weighted by atomic mass is 31.3. The van der Waals surface area contributed by atoms with Gasteiger partial charge in [-0.1, -0.05) is 0 Å². The Kier molecular flexibility index (Phi) is 8.46. The Hall–Kier alpha value is -2.37. The van der Waals surface area contributed by atoms with Crippen LogP contribution in [0.5, 0.6) is 0 Å². The number of phosphoric acid groups is 3. The first kappa shape index (κ1) is 30.2. The maximum atomic E-state index is 12.7. The lowest BCUT2D eigenvalue weighted by molar-refractivity contribution is -0.384. The molecule has 210 valence electrons. The molecule has 1 fully saturated rings. The number of benzene rings is 1. The number of nitrogens with zero attached hydrogens (tertiary/aromatic N) is 2. The molecule has 0 bridgehead atoms. The van der Waals surface area contributed by atoms with E-state index < -0.39 is 70.6 Å². The zero-order valence-corrected chi connectivity index (χ0v) is 21.6. The average molecular weight is 603 g/mol. The molecule has 0 saturated carbocycles. The predicted molar refractivity (Wildman–Crippen MR) is 122 cm³/mol. The van der Waals surface area contributed by atoms with E-state index in [1.165, 1.54) is 19.1 Å². The van der Waals surface area contributed by atoms with E-state index >= 15 is 0 Å². The summed E-state index contributed by atoms with van der Waals surface area (Å²) >= 11 is 0. The number of aliphatic hydroxyl groups is 1. The topological polar surface area (TPSA) is 287 Å². The molecule has 19 nitrogen and oxygen atoms in total. The van der Waals surface area contributed by atoms with Crippen molar-refractivity contribution >= 4 is 29.2 Å². The SMILES string of the molecule is Cc1cn([C@@]2(c3ccc([N+](=O)[O-])cc3)C[C@H](O)[C@@H](COP(=O)(O)OP(=O)(O)OP(=O)(O)O)O2)c(=O)[nH]c1=O. The Balaban J connectivity index is 1.94. The van der Waals surface area contributed by atoms with E-state index in [1.807, 2.05) is 4.98 Å². The first-order chi connectivity index (χ1) is 17.3. The van der Waals surface area contributed by atoms with Gasteiger partial charge in [-0.25, -0.2) is 18.5 Å². The zero-order chi connectivity index (χ0) is 28.7. The van der Waals surface area contributed by atoms with Crippen molar-refractivity contribution in [1.82, 2.24) is 9.55 Å². The molecule has 2 heterocycles. The number of ether oxygens (including phenoxy) is 1. The van der Waals surface area contributed by atoms with E-state index in [9.17, 15) is 48.3 Å². The number of aromatic amines is 1. The molecule has 1 aliphatic heterocycles. The number of phosphoric ester groups is 1. The van der Waals surface area contributed by atoms with Gasteiger partial charge in [0.05, 0.1) is 17.6 Å². The van der Waals surface area contributed by atoms with E-state index in [4.69, 9.17) is 14.5 Å². The quantitative estimate of drug-likeness (QED) is 0.118. The van der Waals surface area contributed by atoms with Crippen LogP contribution in [0.25, 0.3) is 0 Å². The Morgan fingerprint density at radius 1 is 1.13 bits per heavy atom. The second-order valence-corrected chi connectivity index (χ2v) is 12.3. The number of rotatable bonds is 10.